The number of nitrogens with zero attached hydrogens (tertiary/aromatic N) is 1. The summed E-state index contributed by atoms with van der Waals surface area (Å²) in [4.78, 5) is 29.1. The molecule has 1 saturated heterocycles. The zero-order chi connectivity index (χ0) is 40.0. The van der Waals surface area contributed by atoms with Crippen molar-refractivity contribution in [2.24, 2.45) is 0 Å². The highest BCUT2D eigenvalue weighted by Crippen LogP contribution is 2.48. The summed E-state index contributed by atoms with van der Waals surface area (Å²) in [7, 11) is 0. The molecule has 0 spiro atoms. The van der Waals surface area contributed by atoms with Crippen molar-refractivity contribution in [1.29, 1.82) is 0 Å². The number of rotatable bonds is 13. The van der Waals surface area contributed by atoms with Crippen molar-refractivity contribution in [3.63, 3.8) is 0 Å². The Kier molecular flexibility index (Phi) is 12.3. The number of alkyl halides is 1. The minimum Gasteiger partial charge on any atom is -0.358 e. The van der Waals surface area contributed by atoms with Crippen LogP contribution in [0.1, 0.15) is 45.2 Å². The third-order valence-corrected chi connectivity index (χ3v) is 12.3. The van der Waals surface area contributed by atoms with E-state index in [0.717, 1.165) is 33.4 Å². The molecule has 1 aliphatic heterocycles. The van der Waals surface area contributed by atoms with Gasteiger partial charge in [-0.1, -0.05) is 227 Å². The molecule has 7 nitrogen and oxygen atoms in total. The number of hydrogen-bond donors (Lipinski definition) is 1. The Hall–Kier alpha value is -4.92. The molecule has 1 fully saturated rings. The van der Waals surface area contributed by atoms with Gasteiger partial charge < -0.3 is 14.2 Å². The summed E-state index contributed by atoms with van der Waals surface area (Å²) in [6.45, 7) is 0.0758. The van der Waals surface area contributed by atoms with Crippen LogP contribution in [0.15, 0.2) is 202 Å². The minimum absolute atomic E-state index is 0.0758. The van der Waals surface area contributed by atoms with E-state index in [4.69, 9.17) is 14.2 Å². The van der Waals surface area contributed by atoms with Crippen molar-refractivity contribution < 1.29 is 14.2 Å². The van der Waals surface area contributed by atoms with E-state index < -0.39 is 44.8 Å². The quantitative estimate of drug-likeness (QED) is 0.0707. The highest BCUT2D eigenvalue weighted by Gasteiger charge is 2.52. The number of benzene rings is 6. The van der Waals surface area contributed by atoms with Crippen LogP contribution in [0.25, 0.3) is 6.08 Å². The highest BCUT2D eigenvalue weighted by molar-refractivity contribution is 14.1. The molecule has 0 radical (unpaired) electrons. The number of halogens is 2. The van der Waals surface area contributed by atoms with Gasteiger partial charge in [0.05, 0.1) is 16.1 Å². The van der Waals surface area contributed by atoms with Gasteiger partial charge in [0.2, 0.25) is 0 Å². The first-order valence-electron chi connectivity index (χ1n) is 19.0. The average molecular weight is 991 g/mol. The maximum absolute atomic E-state index is 13.7. The molecule has 0 saturated carbocycles. The van der Waals surface area contributed by atoms with Crippen molar-refractivity contribution in [3.8, 4) is 0 Å². The molecule has 7 aromatic rings. The predicted molar refractivity (Wildman–Crippen MR) is 245 cm³/mol. The molecule has 4 atom stereocenters. The molecule has 0 bridgehead atoms. The topological polar surface area (TPSA) is 82.6 Å². The molecule has 1 N–H and O–H groups in total. The number of nitrogens with one attached hydrogen (secondary N) is 1. The second kappa shape index (κ2) is 17.9. The van der Waals surface area contributed by atoms with Gasteiger partial charge in [0.15, 0.2) is 6.23 Å². The van der Waals surface area contributed by atoms with Gasteiger partial charge in [-0.2, -0.15) is 0 Å². The first-order valence-corrected chi connectivity index (χ1v) is 21.5. The van der Waals surface area contributed by atoms with E-state index in [1.807, 2.05) is 109 Å². The van der Waals surface area contributed by atoms with E-state index in [1.165, 1.54) is 4.57 Å². The van der Waals surface area contributed by atoms with Crippen molar-refractivity contribution in [2.45, 2.75) is 33.6 Å². The molecule has 9 heteroatoms. The van der Waals surface area contributed by atoms with Gasteiger partial charge in [-0.05, 0) is 43.5 Å². The molecule has 2 heterocycles. The molecule has 0 aliphatic carbocycles. The second-order valence-electron chi connectivity index (χ2n) is 14.0. The molecule has 8 rings (SSSR count). The van der Waals surface area contributed by atoms with Crippen LogP contribution < -0.4 is 11.2 Å². The summed E-state index contributed by atoms with van der Waals surface area (Å²) >= 11 is 4.41. The standard InChI is InChI=1S/C49H40I2N2O5/c50-32-31-35-33-53(47(55)52-45(35)54)46-43(51)44(58-49(39-25-13-4-14-26-39,40-27-15-5-16-28-40)41-29-17-6-18-30-41)42(57-46)34-56-48(36-19-7-1-8-20-36,37-21-9-2-10-22-37)38-23-11-3-12-24-38/h1-33,42-44,46H,34H2,(H,52,54,55)/t42-,43-,44-,46-/m1/s1. The van der Waals surface area contributed by atoms with E-state index in [2.05, 4.69) is 123 Å². The third kappa shape index (κ3) is 7.69. The second-order valence-corrected chi connectivity index (χ2v) is 16.2. The van der Waals surface area contributed by atoms with Gasteiger partial charge in [-0.25, -0.2) is 4.79 Å². The summed E-state index contributed by atoms with van der Waals surface area (Å²) in [5.41, 5.74) is 2.79. The first-order chi connectivity index (χ1) is 28.5. The number of H-pyrrole nitrogens is 1. The van der Waals surface area contributed by atoms with Crippen molar-refractivity contribution in [3.05, 3.63) is 252 Å². The SMILES string of the molecule is O=c1[nH]c(=O)n([C@@H]2O[C@H](COC(c3ccccc3)(c3ccccc3)c3ccccc3)[C@@H](OC(c3ccccc3)(c3ccccc3)c3ccccc3)[C@H]2I)cc1C=CI. The summed E-state index contributed by atoms with van der Waals surface area (Å²) in [5.74, 6) is 0. The molecular weight excluding hydrogens is 950 g/mol. The van der Waals surface area contributed by atoms with E-state index in [1.54, 1.807) is 16.4 Å². The monoisotopic (exact) mass is 990 g/mol. The normalized spacial score (nSPS) is 18.4. The van der Waals surface area contributed by atoms with Gasteiger partial charge in [-0.15, -0.1) is 0 Å². The maximum Gasteiger partial charge on any atom is 0.330 e. The Morgan fingerprint density at radius 2 is 0.983 bits per heavy atom. The Morgan fingerprint density at radius 3 is 1.36 bits per heavy atom. The van der Waals surface area contributed by atoms with E-state index in [0.29, 0.717) is 5.56 Å². The van der Waals surface area contributed by atoms with Gasteiger partial charge in [0, 0.05) is 6.20 Å². The van der Waals surface area contributed by atoms with Crippen LogP contribution in [0.3, 0.4) is 0 Å². The van der Waals surface area contributed by atoms with Gasteiger partial charge >= 0.3 is 5.69 Å². The Bertz CT molecular complexity index is 2360. The van der Waals surface area contributed by atoms with Crippen LogP contribution >= 0.6 is 45.2 Å². The van der Waals surface area contributed by atoms with Crippen molar-refractivity contribution in [1.82, 2.24) is 9.55 Å². The number of hydrogen-bond acceptors (Lipinski definition) is 5. The van der Waals surface area contributed by atoms with Crippen LogP contribution in [-0.2, 0) is 25.4 Å². The van der Waals surface area contributed by atoms with Crippen molar-refractivity contribution in [2.75, 3.05) is 6.61 Å². The van der Waals surface area contributed by atoms with E-state index >= 15 is 0 Å². The van der Waals surface area contributed by atoms with Crippen LogP contribution in [0, 0.1) is 0 Å². The lowest BCUT2D eigenvalue weighted by Crippen LogP contribution is -2.45. The average Bonchev–Trinajstić information content (AvgIpc) is 3.59. The zero-order valence-corrected chi connectivity index (χ0v) is 35.6. The number of ether oxygens (including phenoxy) is 3. The Balaban J connectivity index is 1.31. The molecule has 0 unspecified atom stereocenters. The molecule has 58 heavy (non-hydrogen) atoms. The lowest BCUT2D eigenvalue weighted by Gasteiger charge is -2.41. The van der Waals surface area contributed by atoms with E-state index in [9.17, 15) is 9.59 Å². The lowest BCUT2D eigenvalue weighted by molar-refractivity contribution is -0.126. The highest BCUT2D eigenvalue weighted by atomic mass is 127. The lowest BCUT2D eigenvalue weighted by atomic mass is 9.79. The number of aromatic nitrogens is 2. The minimum atomic E-state index is -1.10. The molecule has 290 valence electrons. The third-order valence-electron chi connectivity index (χ3n) is 10.6. The fraction of sp³-hybridized carbons (Fsp3) is 0.143. The van der Waals surface area contributed by atoms with Gasteiger partial charge in [0.1, 0.15) is 23.4 Å². The smallest absolute Gasteiger partial charge is 0.330 e. The molecule has 1 aliphatic rings. The van der Waals surface area contributed by atoms with Crippen LogP contribution in [0.4, 0.5) is 0 Å². The van der Waals surface area contributed by atoms with Crippen molar-refractivity contribution >= 4 is 51.3 Å². The maximum atomic E-state index is 13.7. The van der Waals surface area contributed by atoms with Crippen LogP contribution in [0.5, 0.6) is 0 Å². The van der Waals surface area contributed by atoms with Crippen LogP contribution in [0.2, 0.25) is 0 Å². The fourth-order valence-corrected chi connectivity index (χ4v) is 9.49. The van der Waals surface area contributed by atoms with Gasteiger partial charge in [-0.3, -0.25) is 14.3 Å². The largest absolute Gasteiger partial charge is 0.358 e. The fourth-order valence-electron chi connectivity index (χ4n) is 7.97. The molecular formula is C49H40I2N2O5. The Labute approximate surface area is 364 Å². The van der Waals surface area contributed by atoms with E-state index in [-0.39, 0.29) is 6.61 Å². The molecule has 1 aromatic heterocycles. The summed E-state index contributed by atoms with van der Waals surface area (Å²) in [6, 6.07) is 61.2. The molecule has 0 amide bonds. The predicted octanol–water partition coefficient (Wildman–Crippen LogP) is 10.0. The Morgan fingerprint density at radius 1 is 0.603 bits per heavy atom. The summed E-state index contributed by atoms with van der Waals surface area (Å²) in [5, 5.41) is 0. The summed E-state index contributed by atoms with van der Waals surface area (Å²) in [6.07, 6.45) is 1.03. The first kappa shape index (κ1) is 39.9. The van der Waals surface area contributed by atoms with Crippen LogP contribution in [-0.4, -0.2) is 32.3 Å². The number of aromatic amines is 1. The van der Waals surface area contributed by atoms with Gasteiger partial charge in [0.25, 0.3) is 5.56 Å². The summed E-state index contributed by atoms with van der Waals surface area (Å²) < 4.78 is 25.0. The molecule has 6 aromatic carbocycles. The zero-order valence-electron chi connectivity index (χ0n) is 31.3.